The van der Waals surface area contributed by atoms with E-state index in [4.69, 9.17) is 23.4 Å². The number of nitrogens with zero attached hydrogens (tertiary/aromatic N) is 3. The van der Waals surface area contributed by atoms with Crippen molar-refractivity contribution >= 4 is 40.7 Å². The highest BCUT2D eigenvalue weighted by atomic mass is 35.5. The Labute approximate surface area is 189 Å². The minimum absolute atomic E-state index is 0.0319. The lowest BCUT2D eigenvalue weighted by molar-refractivity contribution is -0.122. The van der Waals surface area contributed by atoms with Crippen LogP contribution < -0.4 is 9.32 Å². The number of rotatable bonds is 7. The second-order valence-corrected chi connectivity index (χ2v) is 9.08. The Balaban J connectivity index is 1.27. The highest BCUT2D eigenvalue weighted by Gasteiger charge is 2.48. The molecule has 1 amide bonds. The zero-order valence-corrected chi connectivity index (χ0v) is 19.0. The molecule has 1 fully saturated rings. The van der Waals surface area contributed by atoms with Gasteiger partial charge in [0.05, 0.1) is 11.1 Å². The van der Waals surface area contributed by atoms with Crippen molar-refractivity contribution in [2.45, 2.75) is 38.0 Å². The van der Waals surface area contributed by atoms with Crippen LogP contribution in [0.2, 0.25) is 5.02 Å². The van der Waals surface area contributed by atoms with Crippen molar-refractivity contribution in [3.63, 3.8) is 0 Å². The Bertz CT molecular complexity index is 880. The van der Waals surface area contributed by atoms with E-state index in [1.165, 1.54) is 10.1 Å². The average Bonchev–Trinajstić information content (AvgIpc) is 3.00. The second kappa shape index (κ2) is 9.17. The van der Waals surface area contributed by atoms with Crippen LogP contribution in [0.25, 0.3) is 0 Å². The van der Waals surface area contributed by atoms with Gasteiger partial charge in [0.1, 0.15) is 0 Å². The minimum atomic E-state index is -0.467. The van der Waals surface area contributed by atoms with E-state index in [1.807, 2.05) is 30.3 Å². The molecule has 1 saturated heterocycles. The lowest BCUT2D eigenvalue weighted by Crippen LogP contribution is -2.46. The fraction of sp³-hybridized carbons (Fsp3) is 0.458. The van der Waals surface area contributed by atoms with Crippen LogP contribution in [-0.4, -0.2) is 43.5 Å². The van der Waals surface area contributed by atoms with Crippen LogP contribution in [0.5, 0.6) is 0 Å². The monoisotopic (exact) mass is 445 g/mol. The Morgan fingerprint density at radius 1 is 0.967 bits per heavy atom. The normalized spacial score (nSPS) is 21.9. The van der Waals surface area contributed by atoms with Gasteiger partial charge >= 0.3 is 0 Å². The van der Waals surface area contributed by atoms with Gasteiger partial charge < -0.3 is 4.90 Å². The van der Waals surface area contributed by atoms with Gasteiger partial charge in [0.25, 0.3) is 5.91 Å². The summed E-state index contributed by atoms with van der Waals surface area (Å²) in [4.78, 5) is 17.9. The topological polar surface area (TPSA) is 26.8 Å². The highest BCUT2D eigenvalue weighted by Crippen LogP contribution is 2.47. The maximum Gasteiger partial charge on any atom is 0.252 e. The molecule has 2 aliphatic rings. The van der Waals surface area contributed by atoms with E-state index in [0.717, 1.165) is 74.7 Å². The third-order valence-electron chi connectivity index (χ3n) is 6.71. The predicted octanol–water partition coefficient (Wildman–Crippen LogP) is 5.48. The molecule has 2 aromatic carbocycles. The molecule has 0 N–H and O–H groups in total. The molecule has 160 valence electrons. The van der Waals surface area contributed by atoms with Crippen molar-refractivity contribution in [1.29, 1.82) is 0 Å². The van der Waals surface area contributed by atoms with Gasteiger partial charge in [-0.25, -0.2) is 4.42 Å². The summed E-state index contributed by atoms with van der Waals surface area (Å²) in [5.41, 5.74) is 2.72. The van der Waals surface area contributed by atoms with Gasteiger partial charge in [0.15, 0.2) is 0 Å². The molecule has 4 nitrogen and oxygen atoms in total. The zero-order chi connectivity index (χ0) is 21.1. The summed E-state index contributed by atoms with van der Waals surface area (Å²) in [6, 6.07) is 16.1. The van der Waals surface area contributed by atoms with Crippen LogP contribution in [0.3, 0.4) is 0 Å². The Morgan fingerprint density at radius 3 is 2.37 bits per heavy atom. The molecule has 0 aliphatic carbocycles. The van der Waals surface area contributed by atoms with Gasteiger partial charge in [0.2, 0.25) is 0 Å². The molecule has 6 heteroatoms. The summed E-state index contributed by atoms with van der Waals surface area (Å²) in [6.07, 6.45) is 3.76. The lowest BCUT2D eigenvalue weighted by Gasteiger charge is -2.36. The molecular weight excluding hydrogens is 417 g/mol. The number of amides is 1. The number of hydrogen-bond donors (Lipinski definition) is 0. The maximum atomic E-state index is 13.0. The summed E-state index contributed by atoms with van der Waals surface area (Å²) in [7, 11) is 0. The van der Waals surface area contributed by atoms with Crippen LogP contribution in [0.15, 0.2) is 48.5 Å². The molecule has 0 aromatic heterocycles. The van der Waals surface area contributed by atoms with Crippen LogP contribution >= 0.6 is 23.4 Å². The Kier molecular flexibility index (Phi) is 6.57. The molecule has 1 atom stereocenters. The average molecular weight is 446 g/mol. The molecule has 1 unspecified atom stereocenters. The van der Waals surface area contributed by atoms with Crippen molar-refractivity contribution in [1.82, 2.24) is 4.90 Å². The number of benzene rings is 2. The lowest BCUT2D eigenvalue weighted by atomic mass is 9.75. The number of carbonyl (C=O) groups excluding carboxylic acids is 1. The van der Waals surface area contributed by atoms with Crippen molar-refractivity contribution < 1.29 is 4.79 Å². The smallest absolute Gasteiger partial charge is 0.252 e. The van der Waals surface area contributed by atoms with Gasteiger partial charge in [-0.05, 0) is 61.7 Å². The molecule has 2 aliphatic heterocycles. The molecule has 0 saturated carbocycles. The number of hydrogen-bond acceptors (Lipinski definition) is 3. The van der Waals surface area contributed by atoms with Gasteiger partial charge in [-0.15, -0.1) is 0 Å². The van der Waals surface area contributed by atoms with E-state index in [-0.39, 0.29) is 5.91 Å². The van der Waals surface area contributed by atoms with Crippen molar-refractivity contribution in [3.8, 4) is 0 Å². The fourth-order valence-electron chi connectivity index (χ4n) is 4.87. The SMILES string of the molecule is CCC1(CCCCN2CCN(c3ccc(Cl)cc3)CC2)C(=O)N(Cl)c2ccccc21. The first-order valence-electron chi connectivity index (χ1n) is 10.9. The Morgan fingerprint density at radius 2 is 1.67 bits per heavy atom. The summed E-state index contributed by atoms with van der Waals surface area (Å²) < 4.78 is 1.33. The number of halogens is 2. The van der Waals surface area contributed by atoms with Crippen LogP contribution in [-0.2, 0) is 10.2 Å². The van der Waals surface area contributed by atoms with Crippen LogP contribution in [0, 0.1) is 0 Å². The van der Waals surface area contributed by atoms with Crippen molar-refractivity contribution in [3.05, 3.63) is 59.1 Å². The van der Waals surface area contributed by atoms with Gasteiger partial charge in [-0.3, -0.25) is 9.69 Å². The minimum Gasteiger partial charge on any atom is -0.369 e. The number of para-hydroxylation sites is 1. The molecule has 2 heterocycles. The summed E-state index contributed by atoms with van der Waals surface area (Å²) in [5.74, 6) is 0.0319. The second-order valence-electron chi connectivity index (χ2n) is 8.30. The van der Waals surface area contributed by atoms with Crippen molar-refractivity contribution in [2.75, 3.05) is 42.0 Å². The summed E-state index contributed by atoms with van der Waals surface area (Å²) in [6.45, 7) is 7.38. The molecule has 0 bridgehead atoms. The number of anilines is 2. The van der Waals surface area contributed by atoms with E-state index in [1.54, 1.807) is 0 Å². The maximum absolute atomic E-state index is 13.0. The van der Waals surface area contributed by atoms with Crippen molar-refractivity contribution in [2.24, 2.45) is 0 Å². The molecule has 0 spiro atoms. The number of fused-ring (bicyclic) bond motifs is 1. The highest BCUT2D eigenvalue weighted by molar-refractivity contribution is 6.40. The first-order chi connectivity index (χ1) is 14.5. The largest absolute Gasteiger partial charge is 0.369 e. The standard InChI is InChI=1S/C24H29Cl2N3O/c1-2-24(21-7-3-4-8-22(21)29(26)23(24)30)13-5-6-14-27-15-17-28(18-16-27)20-11-9-19(25)10-12-20/h3-4,7-12H,2,5-6,13-18H2,1H3. The third kappa shape index (κ3) is 4.05. The predicted molar refractivity (Wildman–Crippen MR) is 126 cm³/mol. The van der Waals surface area contributed by atoms with Gasteiger partial charge in [-0.2, -0.15) is 0 Å². The first-order valence-corrected chi connectivity index (χ1v) is 11.6. The fourth-order valence-corrected chi connectivity index (χ4v) is 5.30. The number of unbranched alkanes of at least 4 members (excludes halogenated alkanes) is 1. The molecule has 4 rings (SSSR count). The van der Waals surface area contributed by atoms with Gasteiger partial charge in [0, 0.05) is 48.7 Å². The first kappa shape index (κ1) is 21.5. The van der Waals surface area contributed by atoms with Crippen LogP contribution in [0.1, 0.15) is 38.2 Å². The van der Waals surface area contributed by atoms with E-state index in [2.05, 4.69) is 34.9 Å². The molecule has 2 aromatic rings. The number of carbonyl (C=O) groups is 1. The third-order valence-corrected chi connectivity index (χ3v) is 7.30. The summed E-state index contributed by atoms with van der Waals surface area (Å²) >= 11 is 12.3. The molecular formula is C24H29Cl2N3O. The Hall–Kier alpha value is -1.75. The molecule has 30 heavy (non-hydrogen) atoms. The number of piperazine rings is 1. The van der Waals surface area contributed by atoms with E-state index in [0.29, 0.717) is 0 Å². The van der Waals surface area contributed by atoms with Crippen LogP contribution in [0.4, 0.5) is 11.4 Å². The quantitative estimate of drug-likeness (QED) is 0.416. The van der Waals surface area contributed by atoms with E-state index >= 15 is 0 Å². The summed E-state index contributed by atoms with van der Waals surface area (Å²) in [5, 5.41) is 0.780. The molecule has 0 radical (unpaired) electrons. The van der Waals surface area contributed by atoms with E-state index < -0.39 is 5.41 Å². The van der Waals surface area contributed by atoms with Gasteiger partial charge in [-0.1, -0.05) is 43.1 Å². The zero-order valence-electron chi connectivity index (χ0n) is 17.5. The van der Waals surface area contributed by atoms with E-state index in [9.17, 15) is 4.79 Å².